The molecule has 0 aliphatic heterocycles. The topological polar surface area (TPSA) is 6.48 Å². The number of halogens is 1. The summed E-state index contributed by atoms with van der Waals surface area (Å²) in [5.74, 6) is 0.0983. The molecule has 0 spiro atoms. The van der Waals surface area contributed by atoms with E-state index in [1.165, 1.54) is 27.9 Å². The third-order valence-corrected chi connectivity index (χ3v) is 5.72. The molecule has 0 aliphatic rings. The summed E-state index contributed by atoms with van der Waals surface area (Å²) in [6.45, 7) is 4.36. The molecular formula is C25H29ClN2. The van der Waals surface area contributed by atoms with Crippen LogP contribution in [0.15, 0.2) is 60.7 Å². The minimum atomic E-state index is 0.0983. The summed E-state index contributed by atoms with van der Waals surface area (Å²) in [7, 11) is 8.22. The smallest absolute Gasteiger partial charge is 0.0468 e. The van der Waals surface area contributed by atoms with Crippen molar-refractivity contribution in [2.45, 2.75) is 19.8 Å². The molecule has 3 rings (SSSR count). The first-order valence-electron chi connectivity index (χ1n) is 9.59. The first kappa shape index (κ1) is 20.3. The number of rotatable bonds is 5. The molecule has 3 aromatic carbocycles. The van der Waals surface area contributed by atoms with Crippen LogP contribution >= 0.6 is 11.6 Å². The zero-order valence-corrected chi connectivity index (χ0v) is 18.4. The van der Waals surface area contributed by atoms with Crippen LogP contribution in [0.1, 0.15) is 33.7 Å². The lowest BCUT2D eigenvalue weighted by Crippen LogP contribution is -2.12. The van der Waals surface area contributed by atoms with Crippen molar-refractivity contribution >= 4 is 23.0 Å². The summed E-state index contributed by atoms with van der Waals surface area (Å²) in [6.07, 6.45) is 0. The Hall–Kier alpha value is -2.45. The lowest BCUT2D eigenvalue weighted by atomic mass is 9.81. The molecule has 0 aliphatic carbocycles. The summed E-state index contributed by atoms with van der Waals surface area (Å²) in [5.41, 5.74) is 8.59. The summed E-state index contributed by atoms with van der Waals surface area (Å²) in [6, 6.07) is 21.7. The third-order valence-electron chi connectivity index (χ3n) is 5.39. The fourth-order valence-corrected chi connectivity index (χ4v) is 3.99. The predicted octanol–water partition coefficient (Wildman–Crippen LogP) is 6.27. The molecule has 1 atom stereocenters. The first-order valence-corrected chi connectivity index (χ1v) is 9.97. The van der Waals surface area contributed by atoms with Crippen LogP contribution in [0.25, 0.3) is 0 Å². The highest BCUT2D eigenvalue weighted by atomic mass is 35.5. The molecule has 28 heavy (non-hydrogen) atoms. The van der Waals surface area contributed by atoms with Gasteiger partial charge < -0.3 is 9.80 Å². The third kappa shape index (κ3) is 4.02. The van der Waals surface area contributed by atoms with Gasteiger partial charge >= 0.3 is 0 Å². The molecular weight excluding hydrogens is 364 g/mol. The average Bonchev–Trinajstić information content (AvgIpc) is 2.65. The molecule has 0 fully saturated rings. The lowest BCUT2D eigenvalue weighted by Gasteiger charge is -2.25. The van der Waals surface area contributed by atoms with Crippen LogP contribution in [0.2, 0.25) is 5.02 Å². The van der Waals surface area contributed by atoms with E-state index in [4.69, 9.17) is 11.6 Å². The fourth-order valence-electron chi connectivity index (χ4n) is 3.70. The van der Waals surface area contributed by atoms with Crippen molar-refractivity contribution in [3.8, 4) is 0 Å². The van der Waals surface area contributed by atoms with E-state index >= 15 is 0 Å². The van der Waals surface area contributed by atoms with E-state index in [0.29, 0.717) is 0 Å². The summed E-state index contributed by atoms with van der Waals surface area (Å²) in [5, 5.41) is 0.801. The van der Waals surface area contributed by atoms with Gasteiger partial charge in [0.05, 0.1) is 0 Å². The van der Waals surface area contributed by atoms with Gasteiger partial charge in [-0.05, 0) is 65.9 Å². The van der Waals surface area contributed by atoms with E-state index in [0.717, 1.165) is 16.3 Å². The monoisotopic (exact) mass is 392 g/mol. The second kappa shape index (κ2) is 8.28. The number of benzene rings is 3. The van der Waals surface area contributed by atoms with Gasteiger partial charge in [0.2, 0.25) is 0 Å². The molecule has 146 valence electrons. The minimum absolute atomic E-state index is 0.0983. The van der Waals surface area contributed by atoms with Crippen molar-refractivity contribution < 1.29 is 0 Å². The van der Waals surface area contributed by atoms with Crippen molar-refractivity contribution in [3.05, 3.63) is 93.5 Å². The van der Waals surface area contributed by atoms with E-state index in [1.807, 2.05) is 14.1 Å². The van der Waals surface area contributed by atoms with E-state index in [2.05, 4.69) is 98.4 Å². The Bertz CT molecular complexity index is 919. The highest BCUT2D eigenvalue weighted by Crippen LogP contribution is 2.40. The highest BCUT2D eigenvalue weighted by molar-refractivity contribution is 6.31. The average molecular weight is 393 g/mol. The van der Waals surface area contributed by atoms with Crippen LogP contribution < -0.4 is 9.80 Å². The Morgan fingerprint density at radius 1 is 0.643 bits per heavy atom. The van der Waals surface area contributed by atoms with Gasteiger partial charge in [-0.1, -0.05) is 48.0 Å². The summed E-state index contributed by atoms with van der Waals surface area (Å²) >= 11 is 6.82. The second-order valence-electron chi connectivity index (χ2n) is 7.83. The Labute approximate surface area is 174 Å². The quantitative estimate of drug-likeness (QED) is 0.472. The summed E-state index contributed by atoms with van der Waals surface area (Å²) in [4.78, 5) is 4.22. The molecule has 3 aromatic rings. The van der Waals surface area contributed by atoms with E-state index in [1.54, 1.807) is 0 Å². The van der Waals surface area contributed by atoms with Crippen molar-refractivity contribution in [1.29, 1.82) is 0 Å². The highest BCUT2D eigenvalue weighted by Gasteiger charge is 2.23. The van der Waals surface area contributed by atoms with Crippen molar-refractivity contribution in [1.82, 2.24) is 0 Å². The van der Waals surface area contributed by atoms with E-state index in [-0.39, 0.29) is 5.92 Å². The van der Waals surface area contributed by atoms with Gasteiger partial charge in [-0.25, -0.2) is 0 Å². The van der Waals surface area contributed by atoms with Crippen LogP contribution in [0, 0.1) is 13.8 Å². The Morgan fingerprint density at radius 2 is 1.18 bits per heavy atom. The number of hydrogen-bond donors (Lipinski definition) is 0. The number of nitrogens with zero attached hydrogens (tertiary/aromatic N) is 2. The van der Waals surface area contributed by atoms with E-state index in [9.17, 15) is 0 Å². The predicted molar refractivity (Wildman–Crippen MR) is 123 cm³/mol. The van der Waals surface area contributed by atoms with Crippen LogP contribution in [-0.4, -0.2) is 28.2 Å². The molecule has 0 saturated carbocycles. The fraction of sp³-hybridized carbons (Fsp3) is 0.280. The normalized spacial score (nSPS) is 12.0. The minimum Gasteiger partial charge on any atom is -0.378 e. The molecule has 0 N–H and O–H groups in total. The molecule has 0 radical (unpaired) electrons. The molecule has 3 heteroatoms. The lowest BCUT2D eigenvalue weighted by molar-refractivity contribution is 0.946. The first-order chi connectivity index (χ1) is 13.3. The van der Waals surface area contributed by atoms with Crippen molar-refractivity contribution in [3.63, 3.8) is 0 Å². The van der Waals surface area contributed by atoms with Crippen LogP contribution in [0.3, 0.4) is 0 Å². The van der Waals surface area contributed by atoms with Crippen molar-refractivity contribution in [2.24, 2.45) is 0 Å². The maximum absolute atomic E-state index is 6.82. The maximum atomic E-state index is 6.82. The second-order valence-corrected chi connectivity index (χ2v) is 8.23. The zero-order chi connectivity index (χ0) is 20.4. The zero-order valence-electron chi connectivity index (χ0n) is 17.6. The molecule has 2 nitrogen and oxygen atoms in total. The van der Waals surface area contributed by atoms with Gasteiger partial charge in [0, 0.05) is 50.5 Å². The van der Waals surface area contributed by atoms with Gasteiger partial charge in [-0.3, -0.25) is 0 Å². The molecule has 0 heterocycles. The Kier molecular flexibility index (Phi) is 6.00. The van der Waals surface area contributed by atoms with Crippen LogP contribution in [-0.2, 0) is 0 Å². The molecule has 0 bridgehead atoms. The standard InChI is InChI=1S/C25H29ClN2/c1-17-9-7-8-10-21(17)25(22-13-11-19(27(3)4)15-18(22)2)23-14-12-20(28(5)6)16-24(23)26/h7-16,25H,1-6H3. The number of aryl methyl sites for hydroxylation is 2. The van der Waals surface area contributed by atoms with Gasteiger partial charge in [-0.15, -0.1) is 0 Å². The molecule has 0 amide bonds. The summed E-state index contributed by atoms with van der Waals surface area (Å²) < 4.78 is 0. The Morgan fingerprint density at radius 3 is 1.71 bits per heavy atom. The van der Waals surface area contributed by atoms with Gasteiger partial charge in [-0.2, -0.15) is 0 Å². The number of hydrogen-bond acceptors (Lipinski definition) is 2. The van der Waals surface area contributed by atoms with Crippen LogP contribution in [0.5, 0.6) is 0 Å². The largest absolute Gasteiger partial charge is 0.378 e. The maximum Gasteiger partial charge on any atom is 0.0468 e. The van der Waals surface area contributed by atoms with E-state index < -0.39 is 0 Å². The molecule has 1 unspecified atom stereocenters. The van der Waals surface area contributed by atoms with Gasteiger partial charge in [0.1, 0.15) is 0 Å². The molecule has 0 saturated heterocycles. The van der Waals surface area contributed by atoms with Gasteiger partial charge in [0.25, 0.3) is 0 Å². The SMILES string of the molecule is Cc1ccccc1C(c1ccc(N(C)C)cc1C)c1ccc(N(C)C)cc1Cl. The van der Waals surface area contributed by atoms with Gasteiger partial charge in [0.15, 0.2) is 0 Å². The van der Waals surface area contributed by atoms with Crippen LogP contribution in [0.4, 0.5) is 11.4 Å². The molecule has 0 aromatic heterocycles. The number of anilines is 2. The Balaban J connectivity index is 2.22. The van der Waals surface area contributed by atoms with Crippen molar-refractivity contribution in [2.75, 3.05) is 38.0 Å².